The lowest BCUT2D eigenvalue weighted by molar-refractivity contribution is -0.123. The first-order chi connectivity index (χ1) is 9.55. The molecule has 0 saturated heterocycles. The van der Waals surface area contributed by atoms with Crippen LogP contribution in [0.25, 0.3) is 0 Å². The minimum absolute atomic E-state index is 0.126. The quantitative estimate of drug-likeness (QED) is 0.901. The van der Waals surface area contributed by atoms with Crippen LogP contribution in [-0.2, 0) is 4.79 Å². The minimum atomic E-state index is -2.56. The third-order valence-electron chi connectivity index (χ3n) is 3.42. The number of nitrogens with one attached hydrogen (secondary N) is 1. The molecule has 0 atom stereocenters. The number of ether oxygens (including phenoxy) is 1. The summed E-state index contributed by atoms with van der Waals surface area (Å²) in [5.41, 5.74) is 0. The maximum Gasteiger partial charge on any atom is 0.248 e. The van der Waals surface area contributed by atoms with Crippen molar-refractivity contribution in [2.45, 2.75) is 44.1 Å². The van der Waals surface area contributed by atoms with Gasteiger partial charge in [-0.15, -0.1) is 0 Å². The first-order valence-electron chi connectivity index (χ1n) is 6.90. The molecule has 20 heavy (non-hydrogen) atoms. The zero-order chi connectivity index (χ0) is 14.4. The second-order valence-electron chi connectivity index (χ2n) is 5.11. The smallest absolute Gasteiger partial charge is 0.248 e. The molecule has 1 aromatic carbocycles. The molecular weight excluding hydrogens is 264 g/mol. The Morgan fingerprint density at radius 1 is 1.25 bits per heavy atom. The molecule has 1 aromatic rings. The van der Waals surface area contributed by atoms with Crippen LogP contribution in [0.4, 0.5) is 8.78 Å². The lowest BCUT2D eigenvalue weighted by Crippen LogP contribution is -2.40. The molecule has 1 N–H and O–H groups in total. The number of carbonyl (C=O) groups excluding carboxylic acids is 1. The number of carbonyl (C=O) groups is 1. The van der Waals surface area contributed by atoms with Crippen LogP contribution in [0.3, 0.4) is 0 Å². The number of benzene rings is 1. The fourth-order valence-electron chi connectivity index (χ4n) is 2.26. The van der Waals surface area contributed by atoms with E-state index in [4.69, 9.17) is 4.74 Å². The van der Waals surface area contributed by atoms with E-state index >= 15 is 0 Å². The summed E-state index contributed by atoms with van der Waals surface area (Å²) in [6.07, 6.45) is 0.648. The number of halogens is 2. The molecule has 110 valence electrons. The van der Waals surface area contributed by atoms with E-state index in [2.05, 4.69) is 5.32 Å². The van der Waals surface area contributed by atoms with Crippen molar-refractivity contribution in [3.63, 3.8) is 0 Å². The molecule has 0 aromatic heterocycles. The van der Waals surface area contributed by atoms with E-state index in [1.54, 1.807) is 0 Å². The third-order valence-corrected chi connectivity index (χ3v) is 3.42. The van der Waals surface area contributed by atoms with Gasteiger partial charge in [0.1, 0.15) is 5.75 Å². The van der Waals surface area contributed by atoms with E-state index in [0.717, 1.165) is 5.75 Å². The van der Waals surface area contributed by atoms with Crippen molar-refractivity contribution < 1.29 is 18.3 Å². The van der Waals surface area contributed by atoms with Crippen LogP contribution in [0.15, 0.2) is 30.3 Å². The molecule has 0 heterocycles. The average Bonchev–Trinajstić information content (AvgIpc) is 2.42. The Bertz CT molecular complexity index is 427. The van der Waals surface area contributed by atoms with E-state index in [0.29, 0.717) is 19.4 Å². The third kappa shape index (κ3) is 4.79. The molecule has 0 radical (unpaired) electrons. The van der Waals surface area contributed by atoms with Gasteiger partial charge in [0.25, 0.3) is 0 Å². The Morgan fingerprint density at radius 3 is 2.55 bits per heavy atom. The fraction of sp³-hybridized carbons (Fsp3) is 0.533. The van der Waals surface area contributed by atoms with Crippen molar-refractivity contribution in [3.8, 4) is 5.75 Å². The molecule has 5 heteroatoms. The maximum absolute atomic E-state index is 13.0. The number of amides is 1. The van der Waals surface area contributed by atoms with Crippen molar-refractivity contribution in [1.82, 2.24) is 5.32 Å². The van der Waals surface area contributed by atoms with Crippen molar-refractivity contribution in [2.75, 3.05) is 6.61 Å². The van der Waals surface area contributed by atoms with Crippen LogP contribution in [0, 0.1) is 0 Å². The summed E-state index contributed by atoms with van der Waals surface area (Å²) in [4.78, 5) is 11.7. The van der Waals surface area contributed by atoms with Gasteiger partial charge in [0, 0.05) is 18.9 Å². The van der Waals surface area contributed by atoms with Gasteiger partial charge in [-0.1, -0.05) is 18.2 Å². The lowest BCUT2D eigenvalue weighted by atomic mass is 9.92. The SMILES string of the molecule is O=C(CCOc1ccccc1)NC1CCC(F)(F)CC1. The number of rotatable bonds is 5. The van der Waals surface area contributed by atoms with Gasteiger partial charge in [0.2, 0.25) is 11.8 Å². The molecule has 2 rings (SSSR count). The maximum atomic E-state index is 13.0. The van der Waals surface area contributed by atoms with Gasteiger partial charge < -0.3 is 10.1 Å². The van der Waals surface area contributed by atoms with Gasteiger partial charge in [-0.05, 0) is 25.0 Å². The molecule has 0 bridgehead atoms. The normalized spacial score (nSPS) is 18.5. The molecule has 0 spiro atoms. The predicted octanol–water partition coefficient (Wildman–Crippen LogP) is 3.15. The second kappa shape index (κ2) is 6.68. The van der Waals surface area contributed by atoms with Crippen LogP contribution in [0.5, 0.6) is 5.75 Å². The Balaban J connectivity index is 1.64. The number of hydrogen-bond acceptors (Lipinski definition) is 2. The number of alkyl halides is 2. The highest BCUT2D eigenvalue weighted by Gasteiger charge is 2.35. The fourth-order valence-corrected chi connectivity index (χ4v) is 2.26. The van der Waals surface area contributed by atoms with E-state index in [-0.39, 0.29) is 31.2 Å². The van der Waals surface area contributed by atoms with Crippen molar-refractivity contribution in [1.29, 1.82) is 0 Å². The van der Waals surface area contributed by atoms with Gasteiger partial charge in [0.15, 0.2) is 0 Å². The van der Waals surface area contributed by atoms with Crippen LogP contribution < -0.4 is 10.1 Å². The van der Waals surface area contributed by atoms with Gasteiger partial charge in [-0.25, -0.2) is 8.78 Å². The zero-order valence-electron chi connectivity index (χ0n) is 11.3. The van der Waals surface area contributed by atoms with E-state index in [1.807, 2.05) is 30.3 Å². The van der Waals surface area contributed by atoms with Gasteiger partial charge in [0.05, 0.1) is 13.0 Å². The molecule has 1 amide bonds. The average molecular weight is 283 g/mol. The second-order valence-corrected chi connectivity index (χ2v) is 5.11. The summed E-state index contributed by atoms with van der Waals surface area (Å²) in [5.74, 6) is -1.98. The molecule has 0 aliphatic heterocycles. The topological polar surface area (TPSA) is 38.3 Å². The summed E-state index contributed by atoms with van der Waals surface area (Å²) in [6.45, 7) is 0.290. The molecule has 0 unspecified atom stereocenters. The summed E-state index contributed by atoms with van der Waals surface area (Å²) in [7, 11) is 0. The summed E-state index contributed by atoms with van der Waals surface area (Å²) < 4.78 is 31.4. The Labute approximate surface area is 117 Å². The van der Waals surface area contributed by atoms with Crippen molar-refractivity contribution in [2.24, 2.45) is 0 Å². The zero-order valence-corrected chi connectivity index (χ0v) is 11.3. The summed E-state index contributed by atoms with van der Waals surface area (Å²) in [5, 5.41) is 2.79. The molecule has 1 saturated carbocycles. The van der Waals surface area contributed by atoms with E-state index < -0.39 is 5.92 Å². The molecule has 1 aliphatic rings. The Morgan fingerprint density at radius 2 is 1.90 bits per heavy atom. The largest absolute Gasteiger partial charge is 0.493 e. The monoisotopic (exact) mass is 283 g/mol. The number of para-hydroxylation sites is 1. The molecule has 1 fully saturated rings. The summed E-state index contributed by atoms with van der Waals surface area (Å²) >= 11 is 0. The summed E-state index contributed by atoms with van der Waals surface area (Å²) in [6, 6.07) is 9.12. The Kier molecular flexibility index (Phi) is 4.93. The molecular formula is C15H19F2NO2. The predicted molar refractivity (Wildman–Crippen MR) is 71.9 cm³/mol. The molecule has 1 aliphatic carbocycles. The highest BCUT2D eigenvalue weighted by molar-refractivity contribution is 5.76. The van der Waals surface area contributed by atoms with E-state index in [9.17, 15) is 13.6 Å². The first-order valence-corrected chi connectivity index (χ1v) is 6.90. The van der Waals surface area contributed by atoms with Gasteiger partial charge >= 0.3 is 0 Å². The highest BCUT2D eigenvalue weighted by atomic mass is 19.3. The van der Waals surface area contributed by atoms with Crippen LogP contribution in [0.1, 0.15) is 32.1 Å². The van der Waals surface area contributed by atoms with Gasteiger partial charge in [-0.3, -0.25) is 4.79 Å². The first kappa shape index (κ1) is 14.8. The van der Waals surface area contributed by atoms with Crippen LogP contribution in [0.2, 0.25) is 0 Å². The lowest BCUT2D eigenvalue weighted by Gasteiger charge is -2.28. The van der Waals surface area contributed by atoms with Crippen LogP contribution >= 0.6 is 0 Å². The minimum Gasteiger partial charge on any atom is -0.493 e. The van der Waals surface area contributed by atoms with Crippen molar-refractivity contribution >= 4 is 5.91 Å². The van der Waals surface area contributed by atoms with Gasteiger partial charge in [-0.2, -0.15) is 0 Å². The standard InChI is InChI=1S/C15H19F2NO2/c16-15(17)9-6-12(7-10-15)18-14(19)8-11-20-13-4-2-1-3-5-13/h1-5,12H,6-11H2,(H,18,19). The molecule has 3 nitrogen and oxygen atoms in total. The van der Waals surface area contributed by atoms with Crippen molar-refractivity contribution in [3.05, 3.63) is 30.3 Å². The number of hydrogen-bond donors (Lipinski definition) is 1. The van der Waals surface area contributed by atoms with E-state index in [1.165, 1.54) is 0 Å². The Hall–Kier alpha value is -1.65. The van der Waals surface area contributed by atoms with Crippen LogP contribution in [-0.4, -0.2) is 24.5 Å². The highest BCUT2D eigenvalue weighted by Crippen LogP contribution is 2.32.